The van der Waals surface area contributed by atoms with Crippen LogP contribution >= 0.6 is 0 Å². The molecule has 0 unspecified atom stereocenters. The molecule has 2 aromatic rings. The maximum atomic E-state index is 12.8. The first kappa shape index (κ1) is 16.9. The van der Waals surface area contributed by atoms with E-state index in [-0.39, 0.29) is 17.0 Å². The lowest BCUT2D eigenvalue weighted by molar-refractivity contribution is -0.274. The lowest BCUT2D eigenvalue weighted by Crippen LogP contribution is -2.17. The molecule has 0 atom stereocenters. The van der Waals surface area contributed by atoms with Crippen molar-refractivity contribution in [2.75, 3.05) is 7.11 Å². The molecule has 1 aromatic heterocycles. The van der Waals surface area contributed by atoms with Crippen LogP contribution in [-0.4, -0.2) is 18.5 Å². The van der Waals surface area contributed by atoms with Crippen molar-refractivity contribution in [3.8, 4) is 22.8 Å². The fourth-order valence-corrected chi connectivity index (χ4v) is 1.77. The SMILES string of the molecule is COc1cc(-c2cccc(OC(F)(F)F)c2)nc(C(F)(F)F)c1. The van der Waals surface area contributed by atoms with Gasteiger partial charge in [-0.2, -0.15) is 13.2 Å². The summed E-state index contributed by atoms with van der Waals surface area (Å²) in [6.45, 7) is 0. The summed E-state index contributed by atoms with van der Waals surface area (Å²) in [5.74, 6) is -0.683. The van der Waals surface area contributed by atoms with Crippen molar-refractivity contribution >= 4 is 0 Å². The molecule has 0 aliphatic heterocycles. The number of halogens is 6. The summed E-state index contributed by atoms with van der Waals surface area (Å²) in [5.41, 5.74) is -1.38. The molecule has 0 aliphatic rings. The van der Waals surface area contributed by atoms with Crippen LogP contribution < -0.4 is 9.47 Å². The van der Waals surface area contributed by atoms with E-state index >= 15 is 0 Å². The summed E-state index contributed by atoms with van der Waals surface area (Å²) in [5, 5.41) is 0. The third-order valence-corrected chi connectivity index (χ3v) is 2.69. The lowest BCUT2D eigenvalue weighted by Gasteiger charge is -2.12. The van der Waals surface area contributed by atoms with Gasteiger partial charge in [0.2, 0.25) is 0 Å². The number of hydrogen-bond donors (Lipinski definition) is 0. The van der Waals surface area contributed by atoms with Gasteiger partial charge in [-0.15, -0.1) is 13.2 Å². The zero-order chi connectivity index (χ0) is 17.3. The maximum absolute atomic E-state index is 12.8. The molecule has 2 rings (SSSR count). The second-order valence-electron chi connectivity index (χ2n) is 4.35. The third-order valence-electron chi connectivity index (χ3n) is 2.69. The van der Waals surface area contributed by atoms with E-state index in [0.717, 1.165) is 12.1 Å². The van der Waals surface area contributed by atoms with E-state index in [0.29, 0.717) is 6.07 Å². The molecular weight excluding hydrogens is 328 g/mol. The van der Waals surface area contributed by atoms with Crippen LogP contribution in [0.3, 0.4) is 0 Å². The Morgan fingerprint density at radius 3 is 2.17 bits per heavy atom. The number of nitrogens with zero attached hydrogens (tertiary/aromatic N) is 1. The number of alkyl halides is 6. The van der Waals surface area contributed by atoms with Gasteiger partial charge in [-0.25, -0.2) is 4.98 Å². The van der Waals surface area contributed by atoms with Gasteiger partial charge in [0.15, 0.2) is 0 Å². The first-order valence-corrected chi connectivity index (χ1v) is 6.08. The number of aromatic nitrogens is 1. The van der Waals surface area contributed by atoms with Crippen molar-refractivity contribution in [2.24, 2.45) is 0 Å². The highest BCUT2D eigenvalue weighted by Gasteiger charge is 2.34. The first-order valence-electron chi connectivity index (χ1n) is 6.08. The Morgan fingerprint density at radius 1 is 0.913 bits per heavy atom. The smallest absolute Gasteiger partial charge is 0.497 e. The standard InChI is InChI=1S/C14H9F6NO2/c1-22-10-6-11(21-12(7-10)13(15,16)17)8-3-2-4-9(5-8)23-14(18,19)20/h2-7H,1H3. The molecule has 23 heavy (non-hydrogen) atoms. The second kappa shape index (κ2) is 5.98. The fraction of sp³-hybridized carbons (Fsp3) is 0.214. The highest BCUT2D eigenvalue weighted by Crippen LogP contribution is 2.34. The molecule has 0 saturated heterocycles. The van der Waals surface area contributed by atoms with Crippen LogP contribution in [0.15, 0.2) is 36.4 Å². The van der Waals surface area contributed by atoms with Crippen LogP contribution in [0.5, 0.6) is 11.5 Å². The molecule has 0 aliphatic carbocycles. The van der Waals surface area contributed by atoms with E-state index in [9.17, 15) is 26.3 Å². The summed E-state index contributed by atoms with van der Waals surface area (Å²) >= 11 is 0. The van der Waals surface area contributed by atoms with Crippen molar-refractivity contribution in [3.05, 3.63) is 42.1 Å². The van der Waals surface area contributed by atoms with Gasteiger partial charge in [0.25, 0.3) is 0 Å². The van der Waals surface area contributed by atoms with Crippen molar-refractivity contribution in [3.63, 3.8) is 0 Å². The summed E-state index contributed by atoms with van der Waals surface area (Å²) < 4.78 is 83.6. The van der Waals surface area contributed by atoms with Gasteiger partial charge >= 0.3 is 12.5 Å². The number of benzene rings is 1. The number of rotatable bonds is 3. The molecule has 0 saturated carbocycles. The predicted molar refractivity (Wildman–Crippen MR) is 67.9 cm³/mol. The van der Waals surface area contributed by atoms with E-state index in [1.54, 1.807) is 0 Å². The number of ether oxygens (including phenoxy) is 2. The summed E-state index contributed by atoms with van der Waals surface area (Å²) in [6, 6.07) is 6.37. The largest absolute Gasteiger partial charge is 0.573 e. The van der Waals surface area contributed by atoms with Crippen LogP contribution in [0.4, 0.5) is 26.3 Å². The molecule has 3 nitrogen and oxygen atoms in total. The van der Waals surface area contributed by atoms with Crippen LogP contribution in [0.25, 0.3) is 11.3 Å². The fourth-order valence-electron chi connectivity index (χ4n) is 1.77. The molecule has 0 fully saturated rings. The van der Waals surface area contributed by atoms with E-state index < -0.39 is 24.0 Å². The Bertz CT molecular complexity index is 696. The van der Waals surface area contributed by atoms with Gasteiger partial charge in [0.05, 0.1) is 12.8 Å². The van der Waals surface area contributed by atoms with Crippen molar-refractivity contribution in [2.45, 2.75) is 12.5 Å². The molecule has 0 amide bonds. The van der Waals surface area contributed by atoms with Crippen LogP contribution in [0, 0.1) is 0 Å². The average Bonchev–Trinajstić information content (AvgIpc) is 2.44. The number of pyridine rings is 1. The molecular formula is C14H9F6NO2. The van der Waals surface area contributed by atoms with Crippen LogP contribution in [-0.2, 0) is 6.18 Å². The molecule has 1 heterocycles. The van der Waals surface area contributed by atoms with Gasteiger partial charge in [-0.1, -0.05) is 12.1 Å². The highest BCUT2D eigenvalue weighted by molar-refractivity contribution is 5.63. The van der Waals surface area contributed by atoms with Crippen molar-refractivity contribution < 1.29 is 35.8 Å². The second-order valence-corrected chi connectivity index (χ2v) is 4.35. The summed E-state index contributed by atoms with van der Waals surface area (Å²) in [6.07, 6.45) is -9.62. The summed E-state index contributed by atoms with van der Waals surface area (Å²) in [7, 11) is 1.17. The maximum Gasteiger partial charge on any atom is 0.573 e. The Morgan fingerprint density at radius 2 is 1.61 bits per heavy atom. The minimum atomic E-state index is -4.91. The lowest BCUT2D eigenvalue weighted by atomic mass is 10.1. The predicted octanol–water partition coefficient (Wildman–Crippen LogP) is 4.67. The number of methoxy groups -OCH3 is 1. The Kier molecular flexibility index (Phi) is 4.39. The minimum Gasteiger partial charge on any atom is -0.497 e. The third kappa shape index (κ3) is 4.51. The normalized spacial score (nSPS) is 12.1. The Hall–Kier alpha value is -2.45. The Balaban J connectivity index is 2.47. The van der Waals surface area contributed by atoms with E-state index in [1.807, 2.05) is 0 Å². The molecule has 0 N–H and O–H groups in total. The number of hydrogen-bond acceptors (Lipinski definition) is 3. The molecule has 0 spiro atoms. The molecule has 9 heteroatoms. The van der Waals surface area contributed by atoms with E-state index in [4.69, 9.17) is 4.74 Å². The highest BCUT2D eigenvalue weighted by atomic mass is 19.4. The van der Waals surface area contributed by atoms with E-state index in [1.165, 1.54) is 25.3 Å². The topological polar surface area (TPSA) is 31.4 Å². The van der Waals surface area contributed by atoms with Crippen molar-refractivity contribution in [1.29, 1.82) is 0 Å². The minimum absolute atomic E-state index is 0.0242. The van der Waals surface area contributed by atoms with Gasteiger partial charge in [-0.05, 0) is 12.1 Å². The quantitative estimate of drug-likeness (QED) is 0.763. The summed E-state index contributed by atoms with van der Waals surface area (Å²) in [4.78, 5) is 3.42. The molecule has 1 aromatic carbocycles. The van der Waals surface area contributed by atoms with Gasteiger partial charge in [0, 0.05) is 17.7 Å². The van der Waals surface area contributed by atoms with E-state index in [2.05, 4.69) is 9.72 Å². The van der Waals surface area contributed by atoms with Gasteiger partial charge in [0.1, 0.15) is 17.2 Å². The zero-order valence-corrected chi connectivity index (χ0v) is 11.5. The van der Waals surface area contributed by atoms with Crippen molar-refractivity contribution in [1.82, 2.24) is 4.98 Å². The molecule has 0 radical (unpaired) electrons. The van der Waals surface area contributed by atoms with Crippen LogP contribution in [0.2, 0.25) is 0 Å². The zero-order valence-electron chi connectivity index (χ0n) is 11.5. The first-order chi connectivity index (χ1) is 10.6. The molecule has 0 bridgehead atoms. The average molecular weight is 337 g/mol. The van der Waals surface area contributed by atoms with Gasteiger partial charge in [-0.3, -0.25) is 0 Å². The molecule has 124 valence electrons. The monoisotopic (exact) mass is 337 g/mol. The van der Waals surface area contributed by atoms with Crippen LogP contribution in [0.1, 0.15) is 5.69 Å². The van der Waals surface area contributed by atoms with Gasteiger partial charge < -0.3 is 9.47 Å². The Labute approximate surface area is 126 Å².